The Hall–Kier alpha value is -3.55. The fourth-order valence-corrected chi connectivity index (χ4v) is 5.39. The van der Waals surface area contributed by atoms with Crippen LogP contribution >= 0.6 is 0 Å². The molecule has 8 heteroatoms. The van der Waals surface area contributed by atoms with Crippen molar-refractivity contribution in [2.75, 3.05) is 13.1 Å². The zero-order valence-electron chi connectivity index (χ0n) is 20.7. The van der Waals surface area contributed by atoms with Crippen molar-refractivity contribution in [2.45, 2.75) is 64.0 Å². The number of aromatic nitrogens is 4. The van der Waals surface area contributed by atoms with Gasteiger partial charge in [-0.2, -0.15) is 0 Å². The number of rotatable bonds is 4. The zero-order chi connectivity index (χ0) is 24.7. The molecule has 5 rings (SSSR count). The number of hydrogen-bond donors (Lipinski definition) is 1. The molecule has 1 fully saturated rings. The highest BCUT2D eigenvalue weighted by Gasteiger charge is 2.26. The summed E-state index contributed by atoms with van der Waals surface area (Å²) in [5.74, 6) is 1.62. The SMILES string of the molecule is O=C(NC1CCCC1)C1CCCN(C(=O)c2ccccc2)CCc2nnc(-c3cccnc3)n2CC1. The second kappa shape index (κ2) is 11.5. The van der Waals surface area contributed by atoms with Crippen LogP contribution < -0.4 is 5.32 Å². The van der Waals surface area contributed by atoms with Gasteiger partial charge < -0.3 is 14.8 Å². The van der Waals surface area contributed by atoms with Gasteiger partial charge in [0.25, 0.3) is 5.91 Å². The van der Waals surface area contributed by atoms with Crippen molar-refractivity contribution in [3.05, 3.63) is 66.2 Å². The summed E-state index contributed by atoms with van der Waals surface area (Å²) in [5, 5.41) is 12.3. The van der Waals surface area contributed by atoms with Crippen LogP contribution in [-0.4, -0.2) is 55.6 Å². The van der Waals surface area contributed by atoms with E-state index in [0.29, 0.717) is 44.1 Å². The fraction of sp³-hybridized carbons (Fsp3) is 0.464. The van der Waals surface area contributed by atoms with Gasteiger partial charge in [-0.1, -0.05) is 31.0 Å². The molecule has 2 aromatic heterocycles. The molecule has 2 amide bonds. The van der Waals surface area contributed by atoms with Gasteiger partial charge in [-0.3, -0.25) is 14.6 Å². The van der Waals surface area contributed by atoms with Crippen LogP contribution in [0.15, 0.2) is 54.9 Å². The van der Waals surface area contributed by atoms with Crippen molar-refractivity contribution in [3.8, 4) is 11.4 Å². The highest BCUT2D eigenvalue weighted by molar-refractivity contribution is 5.94. The topological polar surface area (TPSA) is 93.0 Å². The normalized spacial score (nSPS) is 19.3. The standard InChI is InChI=1S/C28H34N6O2/c35-27(30-24-12-4-5-13-24)21-11-7-17-33(28(36)22-8-2-1-3-9-22)18-15-25-31-32-26(34(25)19-14-21)23-10-6-16-29-20-23/h1-3,6,8-10,16,20-21,24H,4-5,7,11-15,17-19H2,(H,30,35). The van der Waals surface area contributed by atoms with E-state index in [-0.39, 0.29) is 17.7 Å². The summed E-state index contributed by atoms with van der Waals surface area (Å²) in [6, 6.07) is 13.6. The van der Waals surface area contributed by atoms with Crippen LogP contribution in [0.1, 0.15) is 61.1 Å². The molecule has 0 radical (unpaired) electrons. The van der Waals surface area contributed by atoms with Crippen LogP contribution in [-0.2, 0) is 17.8 Å². The van der Waals surface area contributed by atoms with E-state index in [4.69, 9.17) is 0 Å². The van der Waals surface area contributed by atoms with Gasteiger partial charge in [0.15, 0.2) is 5.82 Å². The first-order valence-electron chi connectivity index (χ1n) is 13.2. The molecule has 1 saturated carbocycles. The molecule has 188 valence electrons. The average Bonchev–Trinajstić information content (AvgIpc) is 3.57. The minimum atomic E-state index is -0.116. The molecule has 1 aliphatic heterocycles. The third-order valence-corrected chi connectivity index (χ3v) is 7.41. The first kappa shape index (κ1) is 24.2. The highest BCUT2D eigenvalue weighted by atomic mass is 16.2. The fourth-order valence-electron chi connectivity index (χ4n) is 5.39. The Kier molecular flexibility index (Phi) is 7.69. The van der Waals surface area contributed by atoms with Crippen molar-refractivity contribution >= 4 is 11.8 Å². The number of nitrogens with one attached hydrogen (secondary N) is 1. The Morgan fingerprint density at radius 3 is 2.47 bits per heavy atom. The monoisotopic (exact) mass is 486 g/mol. The molecule has 0 bridgehead atoms. The highest BCUT2D eigenvalue weighted by Crippen LogP contribution is 2.24. The Balaban J connectivity index is 1.41. The van der Waals surface area contributed by atoms with E-state index < -0.39 is 0 Å². The van der Waals surface area contributed by atoms with E-state index in [1.807, 2.05) is 47.4 Å². The van der Waals surface area contributed by atoms with E-state index in [9.17, 15) is 9.59 Å². The molecule has 1 atom stereocenters. The summed E-state index contributed by atoms with van der Waals surface area (Å²) in [7, 11) is 0. The summed E-state index contributed by atoms with van der Waals surface area (Å²) < 4.78 is 2.11. The Bertz CT molecular complexity index is 1160. The van der Waals surface area contributed by atoms with Crippen LogP contribution in [0.25, 0.3) is 11.4 Å². The summed E-state index contributed by atoms with van der Waals surface area (Å²) in [5.41, 5.74) is 1.58. The molecule has 3 heterocycles. The largest absolute Gasteiger partial charge is 0.353 e. The number of fused-ring (bicyclic) bond motifs is 1. The quantitative estimate of drug-likeness (QED) is 0.604. The first-order valence-corrected chi connectivity index (χ1v) is 13.2. The second-order valence-electron chi connectivity index (χ2n) is 9.86. The van der Waals surface area contributed by atoms with Crippen LogP contribution in [0.4, 0.5) is 0 Å². The molecule has 0 spiro atoms. The smallest absolute Gasteiger partial charge is 0.253 e. The van der Waals surface area contributed by atoms with Gasteiger partial charge in [-0.15, -0.1) is 10.2 Å². The Labute approximate surface area is 212 Å². The summed E-state index contributed by atoms with van der Waals surface area (Å²) in [4.78, 5) is 32.8. The van der Waals surface area contributed by atoms with Crippen molar-refractivity contribution in [1.82, 2.24) is 30.0 Å². The maximum atomic E-state index is 13.3. The van der Waals surface area contributed by atoms with E-state index in [1.54, 1.807) is 12.4 Å². The lowest BCUT2D eigenvalue weighted by Crippen LogP contribution is -2.38. The molecule has 1 N–H and O–H groups in total. The molecule has 1 aromatic carbocycles. The van der Waals surface area contributed by atoms with Gasteiger partial charge in [0, 0.05) is 61.5 Å². The molecule has 1 unspecified atom stereocenters. The van der Waals surface area contributed by atoms with Crippen molar-refractivity contribution in [3.63, 3.8) is 0 Å². The van der Waals surface area contributed by atoms with E-state index in [2.05, 4.69) is 25.1 Å². The lowest BCUT2D eigenvalue weighted by molar-refractivity contribution is -0.126. The molecule has 0 saturated heterocycles. The second-order valence-corrected chi connectivity index (χ2v) is 9.86. The minimum Gasteiger partial charge on any atom is -0.353 e. The van der Waals surface area contributed by atoms with Gasteiger partial charge in [-0.05, 0) is 56.4 Å². The van der Waals surface area contributed by atoms with Crippen molar-refractivity contribution in [1.29, 1.82) is 0 Å². The van der Waals surface area contributed by atoms with E-state index >= 15 is 0 Å². The van der Waals surface area contributed by atoms with E-state index in [0.717, 1.165) is 42.9 Å². The maximum absolute atomic E-state index is 13.3. The lowest BCUT2D eigenvalue weighted by atomic mass is 9.97. The molecule has 1 aliphatic carbocycles. The van der Waals surface area contributed by atoms with Crippen LogP contribution in [0, 0.1) is 5.92 Å². The van der Waals surface area contributed by atoms with Gasteiger partial charge >= 0.3 is 0 Å². The minimum absolute atomic E-state index is 0.0142. The van der Waals surface area contributed by atoms with Crippen molar-refractivity contribution < 1.29 is 9.59 Å². The average molecular weight is 487 g/mol. The first-order chi connectivity index (χ1) is 17.7. The number of carbonyl (C=O) groups excluding carboxylic acids is 2. The number of nitrogens with zero attached hydrogens (tertiary/aromatic N) is 5. The number of hydrogen-bond acceptors (Lipinski definition) is 5. The molecule has 36 heavy (non-hydrogen) atoms. The maximum Gasteiger partial charge on any atom is 0.253 e. The van der Waals surface area contributed by atoms with Gasteiger partial charge in [0.2, 0.25) is 5.91 Å². The van der Waals surface area contributed by atoms with Gasteiger partial charge in [0.1, 0.15) is 5.82 Å². The number of amides is 2. The number of carbonyl (C=O) groups is 2. The van der Waals surface area contributed by atoms with Gasteiger partial charge in [0.05, 0.1) is 0 Å². The lowest BCUT2D eigenvalue weighted by Gasteiger charge is -2.23. The Morgan fingerprint density at radius 2 is 1.69 bits per heavy atom. The van der Waals surface area contributed by atoms with Crippen LogP contribution in [0.5, 0.6) is 0 Å². The summed E-state index contributed by atoms with van der Waals surface area (Å²) in [6.07, 6.45) is 10.9. The molecular formula is C28H34N6O2. The third kappa shape index (κ3) is 5.64. The number of pyridine rings is 1. The molecule has 2 aliphatic rings. The van der Waals surface area contributed by atoms with Gasteiger partial charge in [-0.25, -0.2) is 0 Å². The number of benzene rings is 1. The zero-order valence-corrected chi connectivity index (χ0v) is 20.7. The van der Waals surface area contributed by atoms with E-state index in [1.165, 1.54) is 12.8 Å². The summed E-state index contributed by atoms with van der Waals surface area (Å²) in [6.45, 7) is 1.82. The molecule has 8 nitrogen and oxygen atoms in total. The predicted octanol–water partition coefficient (Wildman–Crippen LogP) is 3.88. The van der Waals surface area contributed by atoms with Crippen LogP contribution in [0.2, 0.25) is 0 Å². The molecule has 3 aromatic rings. The predicted molar refractivity (Wildman–Crippen MR) is 137 cm³/mol. The summed E-state index contributed by atoms with van der Waals surface area (Å²) >= 11 is 0. The third-order valence-electron chi connectivity index (χ3n) is 7.41. The Morgan fingerprint density at radius 1 is 0.861 bits per heavy atom. The molecular weight excluding hydrogens is 452 g/mol. The van der Waals surface area contributed by atoms with Crippen LogP contribution in [0.3, 0.4) is 0 Å². The van der Waals surface area contributed by atoms with Crippen molar-refractivity contribution in [2.24, 2.45) is 5.92 Å².